The molecule has 21 heavy (non-hydrogen) atoms. The molecule has 4 nitrogen and oxygen atoms in total. The van der Waals surface area contributed by atoms with Crippen LogP contribution in [0.25, 0.3) is 0 Å². The number of nitrogens with two attached hydrogens (primary N) is 1. The zero-order chi connectivity index (χ0) is 15.1. The number of nitrogens with one attached hydrogen (secondary N) is 1. The van der Waals surface area contributed by atoms with Gasteiger partial charge in [-0.05, 0) is 49.3 Å². The second-order valence-electron chi connectivity index (χ2n) is 5.96. The van der Waals surface area contributed by atoms with Crippen LogP contribution in [0.15, 0.2) is 24.3 Å². The van der Waals surface area contributed by atoms with Gasteiger partial charge in [0.05, 0.1) is 19.1 Å². The maximum absolute atomic E-state index is 11.9. The Bertz CT molecular complexity index is 454. The van der Waals surface area contributed by atoms with E-state index in [1.54, 1.807) is 0 Å². The van der Waals surface area contributed by atoms with Crippen LogP contribution in [0, 0.1) is 5.92 Å². The molecule has 1 aliphatic carbocycles. The second kappa shape index (κ2) is 8.15. The lowest BCUT2D eigenvalue weighted by molar-refractivity contribution is -0.117. The molecule has 0 saturated heterocycles. The Morgan fingerprint density at radius 1 is 1.33 bits per heavy atom. The minimum Gasteiger partial charge on any atom is -0.378 e. The Balaban J connectivity index is 1.67. The quantitative estimate of drug-likeness (QED) is 0.846. The van der Waals surface area contributed by atoms with Gasteiger partial charge < -0.3 is 15.8 Å². The standard InChI is InChI=1S/C17H26N2O2/c1-13-5-7-16(8-6-13)21-10-9-17(20)19-15-4-2-3-14(11-15)12-18/h2-4,11,13,16H,5-10,12,18H2,1H3,(H,19,20). The van der Waals surface area contributed by atoms with E-state index in [4.69, 9.17) is 10.5 Å². The van der Waals surface area contributed by atoms with Gasteiger partial charge in [-0.1, -0.05) is 19.1 Å². The Morgan fingerprint density at radius 2 is 2.10 bits per heavy atom. The number of ether oxygens (including phenoxy) is 1. The van der Waals surface area contributed by atoms with Gasteiger partial charge in [0.15, 0.2) is 0 Å². The first-order chi connectivity index (χ1) is 10.2. The molecule has 0 radical (unpaired) electrons. The largest absolute Gasteiger partial charge is 0.378 e. The SMILES string of the molecule is CC1CCC(OCCC(=O)Nc2cccc(CN)c2)CC1. The first kappa shape index (κ1) is 16.0. The van der Waals surface area contributed by atoms with Crippen LogP contribution in [0.1, 0.15) is 44.6 Å². The Labute approximate surface area is 127 Å². The fourth-order valence-electron chi connectivity index (χ4n) is 2.71. The van der Waals surface area contributed by atoms with E-state index in [2.05, 4.69) is 12.2 Å². The topological polar surface area (TPSA) is 64.3 Å². The molecule has 1 amide bonds. The summed E-state index contributed by atoms with van der Waals surface area (Å²) in [6.45, 7) is 3.27. The van der Waals surface area contributed by atoms with Crippen molar-refractivity contribution in [1.29, 1.82) is 0 Å². The number of carbonyl (C=O) groups is 1. The Kier molecular flexibility index (Phi) is 6.21. The normalized spacial score (nSPS) is 22.0. The third-order valence-corrected chi connectivity index (χ3v) is 4.09. The summed E-state index contributed by atoms with van der Waals surface area (Å²) in [5, 5.41) is 2.89. The molecule has 0 unspecified atom stereocenters. The van der Waals surface area contributed by atoms with E-state index in [1.807, 2.05) is 24.3 Å². The third-order valence-electron chi connectivity index (χ3n) is 4.09. The number of hydrogen-bond donors (Lipinski definition) is 2. The van der Waals surface area contributed by atoms with Crippen molar-refractivity contribution in [3.05, 3.63) is 29.8 Å². The van der Waals surface area contributed by atoms with Gasteiger partial charge in [-0.25, -0.2) is 0 Å². The lowest BCUT2D eigenvalue weighted by Crippen LogP contribution is -2.22. The number of rotatable bonds is 6. The summed E-state index contributed by atoms with van der Waals surface area (Å²) >= 11 is 0. The maximum Gasteiger partial charge on any atom is 0.226 e. The van der Waals surface area contributed by atoms with Gasteiger partial charge in [0.25, 0.3) is 0 Å². The minimum atomic E-state index is -0.00616. The number of benzene rings is 1. The smallest absolute Gasteiger partial charge is 0.226 e. The fourth-order valence-corrected chi connectivity index (χ4v) is 2.71. The highest BCUT2D eigenvalue weighted by Crippen LogP contribution is 2.25. The molecule has 1 aliphatic rings. The van der Waals surface area contributed by atoms with Crippen molar-refractivity contribution >= 4 is 11.6 Å². The molecule has 1 aromatic rings. The summed E-state index contributed by atoms with van der Waals surface area (Å²) in [6.07, 6.45) is 5.47. The number of carbonyl (C=O) groups excluding carboxylic acids is 1. The van der Waals surface area contributed by atoms with E-state index < -0.39 is 0 Å². The first-order valence-electron chi connectivity index (χ1n) is 7.88. The summed E-state index contributed by atoms with van der Waals surface area (Å²) < 4.78 is 5.80. The van der Waals surface area contributed by atoms with Gasteiger partial charge in [-0.3, -0.25) is 4.79 Å². The summed E-state index contributed by atoms with van der Waals surface area (Å²) in [7, 11) is 0. The van der Waals surface area contributed by atoms with E-state index in [-0.39, 0.29) is 5.91 Å². The summed E-state index contributed by atoms with van der Waals surface area (Å²) in [4.78, 5) is 11.9. The maximum atomic E-state index is 11.9. The monoisotopic (exact) mass is 290 g/mol. The molecule has 116 valence electrons. The van der Waals surface area contributed by atoms with Crippen LogP contribution >= 0.6 is 0 Å². The van der Waals surface area contributed by atoms with Crippen LogP contribution in [-0.2, 0) is 16.1 Å². The predicted molar refractivity (Wildman–Crippen MR) is 85.0 cm³/mol. The van der Waals surface area contributed by atoms with Crippen molar-refractivity contribution in [2.75, 3.05) is 11.9 Å². The fraction of sp³-hybridized carbons (Fsp3) is 0.588. The van der Waals surface area contributed by atoms with Crippen molar-refractivity contribution in [3.8, 4) is 0 Å². The molecule has 3 N–H and O–H groups in total. The second-order valence-corrected chi connectivity index (χ2v) is 5.96. The average molecular weight is 290 g/mol. The lowest BCUT2D eigenvalue weighted by atomic mass is 9.89. The van der Waals surface area contributed by atoms with E-state index in [0.717, 1.165) is 30.0 Å². The molecule has 0 bridgehead atoms. The lowest BCUT2D eigenvalue weighted by Gasteiger charge is -2.26. The summed E-state index contributed by atoms with van der Waals surface area (Å²) in [6, 6.07) is 7.63. The summed E-state index contributed by atoms with van der Waals surface area (Å²) in [5.74, 6) is 0.816. The molecule has 0 aliphatic heterocycles. The molecule has 0 aromatic heterocycles. The molecule has 1 saturated carbocycles. The van der Waals surface area contributed by atoms with Gasteiger partial charge in [0, 0.05) is 12.2 Å². The van der Waals surface area contributed by atoms with Crippen LogP contribution < -0.4 is 11.1 Å². The highest BCUT2D eigenvalue weighted by molar-refractivity contribution is 5.90. The van der Waals surface area contributed by atoms with Gasteiger partial charge >= 0.3 is 0 Å². The number of anilines is 1. The molecule has 0 atom stereocenters. The van der Waals surface area contributed by atoms with E-state index in [0.29, 0.717) is 25.7 Å². The molecule has 0 spiro atoms. The Hall–Kier alpha value is -1.39. The molecule has 1 fully saturated rings. The van der Waals surface area contributed by atoms with Crippen LogP contribution in [0.3, 0.4) is 0 Å². The van der Waals surface area contributed by atoms with E-state index in [9.17, 15) is 4.79 Å². The summed E-state index contributed by atoms with van der Waals surface area (Å²) in [5.41, 5.74) is 7.40. The molecule has 1 aromatic carbocycles. The van der Waals surface area contributed by atoms with Gasteiger partial charge in [0.2, 0.25) is 5.91 Å². The molecule has 4 heteroatoms. The van der Waals surface area contributed by atoms with E-state index >= 15 is 0 Å². The zero-order valence-electron chi connectivity index (χ0n) is 12.8. The average Bonchev–Trinajstić information content (AvgIpc) is 2.49. The van der Waals surface area contributed by atoms with Crippen molar-refractivity contribution in [1.82, 2.24) is 0 Å². The zero-order valence-corrected chi connectivity index (χ0v) is 12.8. The van der Waals surface area contributed by atoms with Crippen molar-refractivity contribution in [3.63, 3.8) is 0 Å². The van der Waals surface area contributed by atoms with Crippen molar-refractivity contribution in [2.24, 2.45) is 11.7 Å². The van der Waals surface area contributed by atoms with Gasteiger partial charge in [0.1, 0.15) is 0 Å². The Morgan fingerprint density at radius 3 is 2.81 bits per heavy atom. The molecule has 2 rings (SSSR count). The van der Waals surface area contributed by atoms with Crippen molar-refractivity contribution < 1.29 is 9.53 Å². The first-order valence-corrected chi connectivity index (χ1v) is 7.88. The minimum absolute atomic E-state index is 0.00616. The van der Waals surface area contributed by atoms with Crippen LogP contribution in [0.5, 0.6) is 0 Å². The highest BCUT2D eigenvalue weighted by atomic mass is 16.5. The molecule has 0 heterocycles. The van der Waals surface area contributed by atoms with Crippen LogP contribution in [-0.4, -0.2) is 18.6 Å². The van der Waals surface area contributed by atoms with Gasteiger partial charge in [-0.15, -0.1) is 0 Å². The van der Waals surface area contributed by atoms with Gasteiger partial charge in [-0.2, -0.15) is 0 Å². The van der Waals surface area contributed by atoms with Crippen LogP contribution in [0.4, 0.5) is 5.69 Å². The molecular weight excluding hydrogens is 264 g/mol. The molecular formula is C17H26N2O2. The number of amides is 1. The van der Waals surface area contributed by atoms with E-state index in [1.165, 1.54) is 12.8 Å². The number of hydrogen-bond acceptors (Lipinski definition) is 3. The van der Waals surface area contributed by atoms with Crippen molar-refractivity contribution in [2.45, 2.75) is 51.7 Å². The highest BCUT2D eigenvalue weighted by Gasteiger charge is 2.18. The third kappa shape index (κ3) is 5.48. The predicted octanol–water partition coefficient (Wildman–Crippen LogP) is 3.07. The van der Waals surface area contributed by atoms with Crippen LogP contribution in [0.2, 0.25) is 0 Å².